The summed E-state index contributed by atoms with van der Waals surface area (Å²) in [6.45, 7) is 8.28. The van der Waals surface area contributed by atoms with Crippen LogP contribution in [0.15, 0.2) is 42.9 Å². The summed E-state index contributed by atoms with van der Waals surface area (Å²) in [7, 11) is 3.88. The van der Waals surface area contributed by atoms with Crippen LogP contribution in [0.4, 0.5) is 34.5 Å². The molecule has 4 aromatic rings. The lowest BCUT2D eigenvalue weighted by Crippen LogP contribution is -2.42. The number of nitrogens with zero attached hydrogens (tertiary/aromatic N) is 7. The molecule has 13 heteroatoms. The van der Waals surface area contributed by atoms with Gasteiger partial charge in [0.2, 0.25) is 16.0 Å². The van der Waals surface area contributed by atoms with Crippen molar-refractivity contribution in [1.82, 2.24) is 24.8 Å². The van der Waals surface area contributed by atoms with E-state index in [0.717, 1.165) is 49.9 Å². The fraction of sp³-hybridized carbons (Fsp3) is 0.455. The van der Waals surface area contributed by atoms with Crippen LogP contribution in [0.5, 0.6) is 5.75 Å². The van der Waals surface area contributed by atoms with Gasteiger partial charge < -0.3 is 25.2 Å². The van der Waals surface area contributed by atoms with E-state index in [9.17, 15) is 8.42 Å². The molecule has 0 radical (unpaired) electrons. The molecule has 0 amide bonds. The summed E-state index contributed by atoms with van der Waals surface area (Å²) in [5.41, 5.74) is 6.01. The van der Waals surface area contributed by atoms with Gasteiger partial charge in [-0.1, -0.05) is 20.8 Å². The highest BCUT2D eigenvalue weighted by Gasteiger charge is 2.25. The van der Waals surface area contributed by atoms with Crippen molar-refractivity contribution >= 4 is 55.6 Å². The molecule has 0 spiro atoms. The molecule has 1 aliphatic heterocycles. The second-order valence-corrected chi connectivity index (χ2v) is 14.2. The van der Waals surface area contributed by atoms with Crippen LogP contribution >= 0.6 is 0 Å². The van der Waals surface area contributed by atoms with Crippen molar-refractivity contribution in [2.45, 2.75) is 52.0 Å². The molecule has 2 aromatic carbocycles. The van der Waals surface area contributed by atoms with Crippen LogP contribution in [0.1, 0.15) is 50.7 Å². The minimum absolute atomic E-state index is 0.0880. The quantitative estimate of drug-likeness (QED) is 0.213. The van der Waals surface area contributed by atoms with Gasteiger partial charge >= 0.3 is 0 Å². The summed E-state index contributed by atoms with van der Waals surface area (Å²) in [6, 6.07) is 8.44. The molecule has 1 aliphatic rings. The lowest BCUT2D eigenvalue weighted by molar-refractivity contribution is 0.249. The van der Waals surface area contributed by atoms with E-state index >= 15 is 0 Å². The molecular formula is C33H45N9O3S. The maximum atomic E-state index is 12.7. The van der Waals surface area contributed by atoms with Crippen molar-refractivity contribution in [3.63, 3.8) is 0 Å². The van der Waals surface area contributed by atoms with Crippen molar-refractivity contribution in [2.24, 2.45) is 0 Å². The van der Waals surface area contributed by atoms with E-state index in [-0.39, 0.29) is 5.92 Å². The Hall–Kier alpha value is -4.23. The van der Waals surface area contributed by atoms with Gasteiger partial charge in [0.1, 0.15) is 22.8 Å². The predicted molar refractivity (Wildman–Crippen MR) is 187 cm³/mol. The van der Waals surface area contributed by atoms with Crippen molar-refractivity contribution in [1.29, 1.82) is 0 Å². The van der Waals surface area contributed by atoms with Crippen LogP contribution in [-0.4, -0.2) is 86.9 Å². The van der Waals surface area contributed by atoms with Crippen LogP contribution in [0.25, 0.3) is 11.0 Å². The molecular weight excluding hydrogens is 602 g/mol. The van der Waals surface area contributed by atoms with Crippen LogP contribution in [0.3, 0.4) is 0 Å². The largest absolute Gasteiger partial charge is 0.494 e. The number of anilines is 6. The van der Waals surface area contributed by atoms with E-state index in [2.05, 4.69) is 82.4 Å². The van der Waals surface area contributed by atoms with Crippen LogP contribution in [0, 0.1) is 0 Å². The molecule has 246 valence electrons. The molecule has 2 N–H and O–H groups in total. The topological polar surface area (TPSA) is 129 Å². The lowest BCUT2D eigenvalue weighted by atomic mass is 10.0. The lowest BCUT2D eigenvalue weighted by Gasteiger charge is -2.37. The summed E-state index contributed by atoms with van der Waals surface area (Å²) in [5.74, 6) is 1.72. The Morgan fingerprint density at radius 2 is 1.74 bits per heavy atom. The van der Waals surface area contributed by atoms with Crippen LogP contribution < -0.4 is 24.6 Å². The molecule has 0 saturated carbocycles. The number of benzene rings is 2. The van der Waals surface area contributed by atoms with Crippen LogP contribution in [-0.2, 0) is 16.4 Å². The second kappa shape index (κ2) is 13.6. The smallest absolute Gasteiger partial charge is 0.232 e. The van der Waals surface area contributed by atoms with Gasteiger partial charge in [0.15, 0.2) is 0 Å². The number of rotatable bonds is 11. The second-order valence-electron chi connectivity index (χ2n) is 12.2. The number of aromatic nitrogens is 4. The van der Waals surface area contributed by atoms with Crippen molar-refractivity contribution in [3.05, 3.63) is 54.0 Å². The van der Waals surface area contributed by atoms with Crippen LogP contribution in [0.2, 0.25) is 0 Å². The number of ether oxygens (including phenoxy) is 1. The maximum absolute atomic E-state index is 12.7. The molecule has 0 unspecified atom stereocenters. The van der Waals surface area contributed by atoms with E-state index in [4.69, 9.17) is 9.72 Å². The Kier molecular flexibility index (Phi) is 9.82. The van der Waals surface area contributed by atoms with E-state index in [1.54, 1.807) is 37.8 Å². The number of hydrogen-bond donors (Lipinski definition) is 2. The molecule has 2 aromatic heterocycles. The Bertz CT molecular complexity index is 1810. The van der Waals surface area contributed by atoms with E-state index in [1.807, 2.05) is 0 Å². The molecule has 1 fully saturated rings. The van der Waals surface area contributed by atoms with Crippen molar-refractivity contribution in [2.75, 3.05) is 67.4 Å². The normalized spacial score (nSPS) is 14.3. The van der Waals surface area contributed by atoms with Gasteiger partial charge in [-0.05, 0) is 63.0 Å². The average Bonchev–Trinajstić information content (AvgIpc) is 3.03. The summed E-state index contributed by atoms with van der Waals surface area (Å²) < 4.78 is 32.5. The average molecular weight is 648 g/mol. The fourth-order valence-corrected chi connectivity index (χ4v) is 6.43. The van der Waals surface area contributed by atoms with Gasteiger partial charge in [-0.25, -0.2) is 13.4 Å². The minimum Gasteiger partial charge on any atom is -0.494 e. The van der Waals surface area contributed by atoms with Gasteiger partial charge in [-0.15, -0.1) is 0 Å². The van der Waals surface area contributed by atoms with Crippen molar-refractivity contribution < 1.29 is 13.2 Å². The highest BCUT2D eigenvalue weighted by molar-refractivity contribution is 7.92. The molecule has 46 heavy (non-hydrogen) atoms. The fourth-order valence-electron chi connectivity index (χ4n) is 5.91. The number of sulfonamides is 1. The third-order valence-corrected chi connectivity index (χ3v) is 9.86. The number of piperidine rings is 1. The van der Waals surface area contributed by atoms with E-state index in [1.165, 1.54) is 22.6 Å². The van der Waals surface area contributed by atoms with Gasteiger partial charge in [-0.3, -0.25) is 14.3 Å². The zero-order chi connectivity index (χ0) is 33.2. The van der Waals surface area contributed by atoms with Gasteiger partial charge in [0.25, 0.3) is 0 Å². The monoisotopic (exact) mass is 647 g/mol. The van der Waals surface area contributed by atoms with Gasteiger partial charge in [0.05, 0.1) is 30.3 Å². The third-order valence-electron chi connectivity index (χ3n) is 8.68. The van der Waals surface area contributed by atoms with Gasteiger partial charge in [0, 0.05) is 62.1 Å². The Labute approximate surface area is 272 Å². The summed E-state index contributed by atoms with van der Waals surface area (Å²) in [5, 5.41) is 6.79. The Morgan fingerprint density at radius 1 is 1.02 bits per heavy atom. The highest BCUT2D eigenvalue weighted by atomic mass is 32.2. The number of methoxy groups -OCH3 is 1. The summed E-state index contributed by atoms with van der Waals surface area (Å²) in [6.07, 6.45) is 9.19. The first-order valence-electron chi connectivity index (χ1n) is 15.6. The summed E-state index contributed by atoms with van der Waals surface area (Å²) in [4.78, 5) is 23.2. The zero-order valence-corrected chi connectivity index (χ0v) is 28.8. The molecule has 5 rings (SSSR count). The SMILES string of the molecule is CCc1cc(Nc2ncc(C(C)C)c(Nc3ccc4nccnc4c3N(C)S(C)(=O)=O)n2)c(OC)cc1N1CCC(N(C)C)CC1. The van der Waals surface area contributed by atoms with Crippen molar-refractivity contribution in [3.8, 4) is 5.75 Å². The Morgan fingerprint density at radius 3 is 2.37 bits per heavy atom. The predicted octanol–water partition coefficient (Wildman–Crippen LogP) is 5.53. The number of fused-ring (bicyclic) bond motifs is 1. The number of nitrogens with one attached hydrogen (secondary N) is 2. The maximum Gasteiger partial charge on any atom is 0.232 e. The molecule has 12 nitrogen and oxygen atoms in total. The third kappa shape index (κ3) is 6.95. The molecule has 3 heterocycles. The first-order chi connectivity index (χ1) is 21.9. The molecule has 0 atom stereocenters. The van der Waals surface area contributed by atoms with Gasteiger partial charge in [-0.2, -0.15) is 4.98 Å². The number of hydrogen-bond acceptors (Lipinski definition) is 11. The standard InChI is InChI=1S/C33H45N9O3S/c1-9-22-18-27(29(45-7)19-28(22)42-16-12-23(13-17-42)40(4)5)38-33-36-20-24(21(2)3)32(39-33)37-26-11-10-25-30(35-15-14-34-25)31(26)41(6)46(8,43)44/h10-11,14-15,18-21,23H,9,12-13,16-17H2,1-8H3,(H2,36,37,38,39). The molecule has 1 saturated heterocycles. The molecule has 0 aliphatic carbocycles. The summed E-state index contributed by atoms with van der Waals surface area (Å²) >= 11 is 0. The minimum atomic E-state index is -3.61. The number of aryl methyl sites for hydroxylation is 1. The first-order valence-corrected chi connectivity index (χ1v) is 17.5. The Balaban J connectivity index is 1.51. The first kappa shape index (κ1) is 33.1. The zero-order valence-electron chi connectivity index (χ0n) is 28.0. The van der Waals surface area contributed by atoms with E-state index < -0.39 is 10.0 Å². The molecule has 0 bridgehead atoms. The van der Waals surface area contributed by atoms with E-state index in [0.29, 0.717) is 46.0 Å². The highest BCUT2D eigenvalue weighted by Crippen LogP contribution is 2.39.